The van der Waals surface area contributed by atoms with Crippen molar-refractivity contribution in [1.82, 2.24) is 0 Å². The summed E-state index contributed by atoms with van der Waals surface area (Å²) in [4.78, 5) is 15.2. The molecule has 2 nitrogen and oxygen atoms in total. The SMILES string of the molecule is O=C(c1ccccc1C(F)(F)F)N1CCCSc2ccccc21. The summed E-state index contributed by atoms with van der Waals surface area (Å²) in [5, 5.41) is 0. The number of para-hydroxylation sites is 1. The molecule has 0 saturated carbocycles. The third-order valence-electron chi connectivity index (χ3n) is 3.65. The number of hydrogen-bond donors (Lipinski definition) is 0. The van der Waals surface area contributed by atoms with Gasteiger partial charge in [-0.1, -0.05) is 24.3 Å². The second-order valence-corrected chi connectivity index (χ2v) is 6.31. The molecule has 6 heteroatoms. The molecule has 0 aromatic heterocycles. The normalized spacial score (nSPS) is 15.0. The molecule has 23 heavy (non-hydrogen) atoms. The number of rotatable bonds is 1. The van der Waals surface area contributed by atoms with Gasteiger partial charge in [0.25, 0.3) is 5.91 Å². The molecule has 1 aliphatic heterocycles. The molecule has 0 spiro atoms. The van der Waals surface area contributed by atoms with Gasteiger partial charge in [-0.05, 0) is 36.4 Å². The molecule has 2 aromatic carbocycles. The Balaban J connectivity index is 2.05. The maximum atomic E-state index is 13.2. The van der Waals surface area contributed by atoms with E-state index in [1.54, 1.807) is 23.9 Å². The van der Waals surface area contributed by atoms with Crippen LogP contribution in [0.1, 0.15) is 22.3 Å². The number of nitrogens with zero attached hydrogens (tertiary/aromatic N) is 1. The van der Waals surface area contributed by atoms with Crippen LogP contribution in [0.2, 0.25) is 0 Å². The highest BCUT2D eigenvalue weighted by atomic mass is 32.2. The second kappa shape index (κ2) is 6.28. The third-order valence-corrected chi connectivity index (χ3v) is 4.80. The van der Waals surface area contributed by atoms with Gasteiger partial charge in [0.2, 0.25) is 0 Å². The number of carbonyl (C=O) groups excluding carboxylic acids is 1. The highest BCUT2D eigenvalue weighted by molar-refractivity contribution is 7.99. The Morgan fingerprint density at radius 3 is 2.52 bits per heavy atom. The predicted molar refractivity (Wildman–Crippen MR) is 84.9 cm³/mol. The smallest absolute Gasteiger partial charge is 0.307 e. The van der Waals surface area contributed by atoms with Crippen LogP contribution in [-0.4, -0.2) is 18.2 Å². The van der Waals surface area contributed by atoms with Crippen LogP contribution in [0.15, 0.2) is 53.4 Å². The van der Waals surface area contributed by atoms with Crippen molar-refractivity contribution in [1.29, 1.82) is 0 Å². The summed E-state index contributed by atoms with van der Waals surface area (Å²) in [5.41, 5.74) is -0.516. The number of fused-ring (bicyclic) bond motifs is 1. The summed E-state index contributed by atoms with van der Waals surface area (Å²) < 4.78 is 39.5. The molecule has 120 valence electrons. The molecule has 1 aliphatic rings. The number of halogens is 3. The molecule has 2 aromatic rings. The van der Waals surface area contributed by atoms with E-state index in [-0.39, 0.29) is 5.56 Å². The van der Waals surface area contributed by atoms with Crippen LogP contribution in [0.25, 0.3) is 0 Å². The molecule has 0 unspecified atom stereocenters. The van der Waals surface area contributed by atoms with E-state index >= 15 is 0 Å². The van der Waals surface area contributed by atoms with Crippen molar-refractivity contribution in [2.45, 2.75) is 17.5 Å². The zero-order chi connectivity index (χ0) is 16.4. The van der Waals surface area contributed by atoms with E-state index in [0.717, 1.165) is 23.1 Å². The van der Waals surface area contributed by atoms with Crippen LogP contribution in [0, 0.1) is 0 Å². The first kappa shape index (κ1) is 15.9. The standard InChI is InChI=1S/C17H14F3NOS/c18-17(19,20)13-7-2-1-6-12(13)16(22)21-10-5-11-23-15-9-4-3-8-14(15)21/h1-4,6-9H,5,10-11H2. The lowest BCUT2D eigenvalue weighted by molar-refractivity contribution is -0.137. The van der Waals surface area contributed by atoms with Gasteiger partial charge in [-0.25, -0.2) is 0 Å². The van der Waals surface area contributed by atoms with E-state index in [4.69, 9.17) is 0 Å². The average Bonchev–Trinajstić information content (AvgIpc) is 2.76. The zero-order valence-electron chi connectivity index (χ0n) is 12.1. The van der Waals surface area contributed by atoms with E-state index in [1.165, 1.54) is 23.1 Å². The Labute approximate surface area is 136 Å². The fourth-order valence-electron chi connectivity index (χ4n) is 2.60. The van der Waals surface area contributed by atoms with Gasteiger partial charge in [0.1, 0.15) is 0 Å². The summed E-state index contributed by atoms with van der Waals surface area (Å²) in [6, 6.07) is 12.3. The van der Waals surface area contributed by atoms with Crippen molar-refractivity contribution in [2.75, 3.05) is 17.2 Å². The molecule has 1 amide bonds. The van der Waals surface area contributed by atoms with Crippen molar-refractivity contribution in [2.24, 2.45) is 0 Å². The van der Waals surface area contributed by atoms with Crippen LogP contribution in [0.5, 0.6) is 0 Å². The van der Waals surface area contributed by atoms with Crippen molar-refractivity contribution in [3.05, 3.63) is 59.7 Å². The number of alkyl halides is 3. The molecule has 0 aliphatic carbocycles. The van der Waals surface area contributed by atoms with Gasteiger partial charge in [-0.15, -0.1) is 11.8 Å². The fraction of sp³-hybridized carbons (Fsp3) is 0.235. The molecule has 0 atom stereocenters. The fourth-order valence-corrected chi connectivity index (χ4v) is 3.59. The molecule has 3 rings (SSSR count). The Kier molecular flexibility index (Phi) is 4.35. The molecular formula is C17H14F3NOS. The molecule has 0 fully saturated rings. The highest BCUT2D eigenvalue weighted by Gasteiger charge is 2.36. The minimum atomic E-state index is -4.55. The number of carbonyl (C=O) groups is 1. The van der Waals surface area contributed by atoms with E-state index in [0.29, 0.717) is 12.2 Å². The Hall–Kier alpha value is -1.95. The summed E-state index contributed by atoms with van der Waals surface area (Å²) in [7, 11) is 0. The molecule has 0 radical (unpaired) electrons. The summed E-state index contributed by atoms with van der Waals surface area (Å²) >= 11 is 1.62. The van der Waals surface area contributed by atoms with Gasteiger partial charge in [0, 0.05) is 11.4 Å². The Morgan fingerprint density at radius 1 is 1.04 bits per heavy atom. The molecule has 0 saturated heterocycles. The predicted octanol–water partition coefficient (Wildman–Crippen LogP) is 4.85. The summed E-state index contributed by atoms with van der Waals surface area (Å²) in [5.74, 6) is 0.231. The maximum absolute atomic E-state index is 13.2. The van der Waals surface area contributed by atoms with E-state index in [2.05, 4.69) is 0 Å². The number of thioether (sulfide) groups is 1. The van der Waals surface area contributed by atoms with Gasteiger partial charge in [0.15, 0.2) is 0 Å². The molecular weight excluding hydrogens is 323 g/mol. The molecule has 1 heterocycles. The number of anilines is 1. The van der Waals surface area contributed by atoms with Gasteiger partial charge >= 0.3 is 6.18 Å². The first-order valence-corrected chi connectivity index (χ1v) is 8.17. The van der Waals surface area contributed by atoms with E-state index in [9.17, 15) is 18.0 Å². The maximum Gasteiger partial charge on any atom is 0.417 e. The average molecular weight is 337 g/mol. The monoisotopic (exact) mass is 337 g/mol. The largest absolute Gasteiger partial charge is 0.417 e. The van der Waals surface area contributed by atoms with E-state index in [1.807, 2.05) is 12.1 Å². The minimum Gasteiger partial charge on any atom is -0.307 e. The van der Waals surface area contributed by atoms with Crippen molar-refractivity contribution >= 4 is 23.4 Å². The molecule has 0 bridgehead atoms. The van der Waals surface area contributed by atoms with Crippen molar-refractivity contribution < 1.29 is 18.0 Å². The number of benzene rings is 2. The third kappa shape index (κ3) is 3.22. The van der Waals surface area contributed by atoms with Crippen molar-refractivity contribution in [3.8, 4) is 0 Å². The molecule has 0 N–H and O–H groups in total. The zero-order valence-corrected chi connectivity index (χ0v) is 13.0. The van der Waals surface area contributed by atoms with Crippen LogP contribution in [-0.2, 0) is 6.18 Å². The van der Waals surface area contributed by atoms with Crippen LogP contribution < -0.4 is 4.90 Å². The quantitative estimate of drug-likeness (QED) is 0.741. The number of hydrogen-bond acceptors (Lipinski definition) is 2. The van der Waals surface area contributed by atoms with Crippen molar-refractivity contribution in [3.63, 3.8) is 0 Å². The van der Waals surface area contributed by atoms with Gasteiger partial charge in [-0.3, -0.25) is 4.79 Å². The summed E-state index contributed by atoms with van der Waals surface area (Å²) in [6.07, 6.45) is -3.81. The first-order chi connectivity index (χ1) is 11.0. The lowest BCUT2D eigenvalue weighted by Gasteiger charge is -2.24. The Morgan fingerprint density at radius 2 is 1.74 bits per heavy atom. The van der Waals surface area contributed by atoms with Gasteiger partial charge in [-0.2, -0.15) is 13.2 Å². The minimum absolute atomic E-state index is 0.304. The summed E-state index contributed by atoms with van der Waals surface area (Å²) in [6.45, 7) is 0.412. The lowest BCUT2D eigenvalue weighted by atomic mass is 10.1. The topological polar surface area (TPSA) is 20.3 Å². The Bertz CT molecular complexity index is 730. The van der Waals surface area contributed by atoms with Gasteiger partial charge < -0.3 is 4.90 Å². The van der Waals surface area contributed by atoms with Crippen LogP contribution >= 0.6 is 11.8 Å². The highest BCUT2D eigenvalue weighted by Crippen LogP contribution is 2.37. The first-order valence-electron chi connectivity index (χ1n) is 7.18. The number of amides is 1. The van der Waals surface area contributed by atoms with Crippen LogP contribution in [0.3, 0.4) is 0 Å². The van der Waals surface area contributed by atoms with E-state index < -0.39 is 17.6 Å². The van der Waals surface area contributed by atoms with Crippen LogP contribution in [0.4, 0.5) is 18.9 Å². The van der Waals surface area contributed by atoms with Gasteiger partial charge in [0.05, 0.1) is 16.8 Å². The lowest BCUT2D eigenvalue weighted by Crippen LogP contribution is -2.33. The second-order valence-electron chi connectivity index (χ2n) is 5.17.